The van der Waals surface area contributed by atoms with Gasteiger partial charge in [0, 0.05) is 0 Å². The third-order valence-corrected chi connectivity index (χ3v) is 1.83. The molecule has 0 saturated carbocycles. The van der Waals surface area contributed by atoms with E-state index in [1.54, 1.807) is 0 Å². The van der Waals surface area contributed by atoms with E-state index in [0.29, 0.717) is 5.92 Å². The summed E-state index contributed by atoms with van der Waals surface area (Å²) in [5.41, 5.74) is -0.528. The van der Waals surface area contributed by atoms with E-state index in [4.69, 9.17) is 0 Å². The molecule has 1 nitrogen and oxygen atoms in total. The van der Waals surface area contributed by atoms with Crippen LogP contribution in [0.15, 0.2) is 24.3 Å². The van der Waals surface area contributed by atoms with Gasteiger partial charge in [-0.1, -0.05) is 24.3 Å². The lowest BCUT2D eigenvalue weighted by Gasteiger charge is -2.22. The topological polar surface area (TPSA) is 20.2 Å². The monoisotopic (exact) mass is 152 g/mol. The highest BCUT2D eigenvalue weighted by molar-refractivity contribution is 5.11. The fourth-order valence-corrected chi connectivity index (χ4v) is 1.42. The van der Waals surface area contributed by atoms with E-state index in [1.165, 1.54) is 0 Å². The highest BCUT2D eigenvalue weighted by atomic mass is 16.3. The van der Waals surface area contributed by atoms with Crippen LogP contribution in [0.2, 0.25) is 0 Å². The van der Waals surface area contributed by atoms with E-state index in [1.807, 2.05) is 13.8 Å². The second kappa shape index (κ2) is 3.22. The maximum absolute atomic E-state index is 9.51. The predicted octanol–water partition coefficient (Wildman–Crippen LogP) is 2.28. The van der Waals surface area contributed by atoms with Crippen LogP contribution in [0.4, 0.5) is 0 Å². The van der Waals surface area contributed by atoms with Gasteiger partial charge in [0.1, 0.15) is 0 Å². The molecule has 0 fully saturated rings. The Hall–Kier alpha value is -0.560. The zero-order chi connectivity index (χ0) is 8.32. The van der Waals surface area contributed by atoms with E-state index in [9.17, 15) is 5.11 Å². The van der Waals surface area contributed by atoms with Crippen molar-refractivity contribution in [3.63, 3.8) is 0 Å². The van der Waals surface area contributed by atoms with Crippen molar-refractivity contribution in [2.24, 2.45) is 5.92 Å². The van der Waals surface area contributed by atoms with Crippen LogP contribution in [0.3, 0.4) is 0 Å². The standard InChI is InChI=1S/C10H16O/c1-10(2,11)8-9-6-4-3-5-7-9/h3-6,9,11H,7-8H2,1-2H3. The maximum Gasteiger partial charge on any atom is 0.0597 e. The molecule has 0 aliphatic heterocycles. The second-order valence-corrected chi connectivity index (χ2v) is 3.83. The molecule has 0 heterocycles. The Morgan fingerprint density at radius 2 is 2.18 bits per heavy atom. The van der Waals surface area contributed by atoms with Gasteiger partial charge < -0.3 is 5.11 Å². The molecule has 0 amide bonds. The zero-order valence-electron chi connectivity index (χ0n) is 7.25. The molecule has 1 aliphatic carbocycles. The molecule has 62 valence electrons. The largest absolute Gasteiger partial charge is 0.390 e. The van der Waals surface area contributed by atoms with Gasteiger partial charge in [0.2, 0.25) is 0 Å². The summed E-state index contributed by atoms with van der Waals surface area (Å²) in [6.07, 6.45) is 10.4. The first-order valence-electron chi connectivity index (χ1n) is 4.14. The highest BCUT2D eigenvalue weighted by Gasteiger charge is 2.17. The van der Waals surface area contributed by atoms with Crippen LogP contribution in [0.25, 0.3) is 0 Å². The first-order chi connectivity index (χ1) is 5.08. The van der Waals surface area contributed by atoms with Gasteiger partial charge in [-0.05, 0) is 32.6 Å². The maximum atomic E-state index is 9.51. The van der Waals surface area contributed by atoms with Gasteiger partial charge in [0.15, 0.2) is 0 Å². The summed E-state index contributed by atoms with van der Waals surface area (Å²) in [6.45, 7) is 3.72. The molecule has 0 aromatic carbocycles. The molecular formula is C10H16O. The molecule has 0 saturated heterocycles. The molecule has 11 heavy (non-hydrogen) atoms. The average molecular weight is 152 g/mol. The summed E-state index contributed by atoms with van der Waals surface area (Å²) in [5, 5.41) is 9.51. The third kappa shape index (κ3) is 3.38. The average Bonchev–Trinajstić information content (AvgIpc) is 1.85. The Bertz CT molecular complexity index is 172. The van der Waals surface area contributed by atoms with Crippen molar-refractivity contribution in [2.75, 3.05) is 0 Å². The summed E-state index contributed by atoms with van der Waals surface area (Å²) in [6, 6.07) is 0. The molecule has 1 N–H and O–H groups in total. The zero-order valence-corrected chi connectivity index (χ0v) is 7.25. The number of rotatable bonds is 2. The van der Waals surface area contributed by atoms with Crippen LogP contribution >= 0.6 is 0 Å². The Morgan fingerprint density at radius 3 is 2.64 bits per heavy atom. The number of hydrogen-bond donors (Lipinski definition) is 1. The van der Waals surface area contributed by atoms with E-state index in [2.05, 4.69) is 24.3 Å². The van der Waals surface area contributed by atoms with Crippen LogP contribution in [0, 0.1) is 5.92 Å². The van der Waals surface area contributed by atoms with Gasteiger partial charge in [0.05, 0.1) is 5.60 Å². The lowest BCUT2D eigenvalue weighted by Crippen LogP contribution is -2.22. The minimum Gasteiger partial charge on any atom is -0.390 e. The number of aliphatic hydroxyl groups is 1. The van der Waals surface area contributed by atoms with Crippen LogP contribution < -0.4 is 0 Å². The van der Waals surface area contributed by atoms with Gasteiger partial charge in [-0.2, -0.15) is 0 Å². The van der Waals surface area contributed by atoms with Crippen molar-refractivity contribution >= 4 is 0 Å². The number of allylic oxidation sites excluding steroid dienone is 4. The Labute approximate surface area is 68.4 Å². The van der Waals surface area contributed by atoms with Gasteiger partial charge in [-0.25, -0.2) is 0 Å². The summed E-state index contributed by atoms with van der Waals surface area (Å²) in [4.78, 5) is 0. The first-order valence-corrected chi connectivity index (χ1v) is 4.14. The van der Waals surface area contributed by atoms with Crippen molar-refractivity contribution < 1.29 is 5.11 Å². The number of hydrogen-bond acceptors (Lipinski definition) is 1. The van der Waals surface area contributed by atoms with Crippen molar-refractivity contribution in [2.45, 2.75) is 32.3 Å². The fraction of sp³-hybridized carbons (Fsp3) is 0.600. The van der Waals surface area contributed by atoms with Crippen LogP contribution in [-0.4, -0.2) is 10.7 Å². The highest BCUT2D eigenvalue weighted by Crippen LogP contribution is 2.22. The van der Waals surface area contributed by atoms with Crippen LogP contribution in [0.1, 0.15) is 26.7 Å². The summed E-state index contributed by atoms with van der Waals surface area (Å²) < 4.78 is 0. The Morgan fingerprint density at radius 1 is 1.45 bits per heavy atom. The van der Waals surface area contributed by atoms with Crippen molar-refractivity contribution in [3.8, 4) is 0 Å². The molecule has 1 rings (SSSR count). The molecule has 0 aromatic heterocycles. The quantitative estimate of drug-likeness (QED) is 0.643. The molecule has 1 atom stereocenters. The lowest BCUT2D eigenvalue weighted by atomic mass is 9.89. The molecule has 0 aromatic rings. The summed E-state index contributed by atoms with van der Waals surface area (Å²) in [5.74, 6) is 0.528. The minimum absolute atomic E-state index is 0.528. The lowest BCUT2D eigenvalue weighted by molar-refractivity contribution is 0.0593. The molecule has 1 heteroatoms. The fourth-order valence-electron chi connectivity index (χ4n) is 1.42. The summed E-state index contributed by atoms with van der Waals surface area (Å²) >= 11 is 0. The molecule has 0 spiro atoms. The van der Waals surface area contributed by atoms with Gasteiger partial charge in [-0.15, -0.1) is 0 Å². The van der Waals surface area contributed by atoms with Crippen LogP contribution in [-0.2, 0) is 0 Å². The summed E-state index contributed by atoms with van der Waals surface area (Å²) in [7, 11) is 0. The van der Waals surface area contributed by atoms with Gasteiger partial charge in [-0.3, -0.25) is 0 Å². The molecular weight excluding hydrogens is 136 g/mol. The Kier molecular flexibility index (Phi) is 2.50. The smallest absolute Gasteiger partial charge is 0.0597 e. The van der Waals surface area contributed by atoms with Crippen LogP contribution in [0.5, 0.6) is 0 Å². The van der Waals surface area contributed by atoms with E-state index >= 15 is 0 Å². The van der Waals surface area contributed by atoms with Gasteiger partial charge >= 0.3 is 0 Å². The third-order valence-electron chi connectivity index (χ3n) is 1.83. The van der Waals surface area contributed by atoms with E-state index in [-0.39, 0.29) is 0 Å². The minimum atomic E-state index is -0.528. The van der Waals surface area contributed by atoms with Crippen molar-refractivity contribution in [1.82, 2.24) is 0 Å². The first kappa shape index (κ1) is 8.54. The SMILES string of the molecule is CC(C)(O)CC1C=CC=CC1. The molecule has 1 unspecified atom stereocenters. The van der Waals surface area contributed by atoms with Crippen molar-refractivity contribution in [3.05, 3.63) is 24.3 Å². The predicted molar refractivity (Wildman–Crippen MR) is 47.3 cm³/mol. The van der Waals surface area contributed by atoms with E-state index < -0.39 is 5.60 Å². The second-order valence-electron chi connectivity index (χ2n) is 3.83. The Balaban J connectivity index is 2.39. The molecule has 1 aliphatic rings. The van der Waals surface area contributed by atoms with Gasteiger partial charge in [0.25, 0.3) is 0 Å². The molecule has 0 bridgehead atoms. The van der Waals surface area contributed by atoms with E-state index in [0.717, 1.165) is 12.8 Å². The van der Waals surface area contributed by atoms with Crippen molar-refractivity contribution in [1.29, 1.82) is 0 Å². The normalized spacial score (nSPS) is 24.1. The molecule has 0 radical (unpaired) electrons.